The average Bonchev–Trinajstić information content (AvgIpc) is 3.25. The highest BCUT2D eigenvalue weighted by Gasteiger charge is 2.27. The largest absolute Gasteiger partial charge is 0.353 e. The van der Waals surface area contributed by atoms with Crippen molar-refractivity contribution < 1.29 is 18.0 Å². The van der Waals surface area contributed by atoms with E-state index in [1.54, 1.807) is 35.2 Å². The number of hydrazine groups is 1. The van der Waals surface area contributed by atoms with E-state index in [9.17, 15) is 18.0 Å². The molecule has 0 aliphatic carbocycles. The summed E-state index contributed by atoms with van der Waals surface area (Å²) in [5.41, 5.74) is 4.16. The topological polar surface area (TPSA) is 114 Å². The molecule has 0 saturated carbocycles. The summed E-state index contributed by atoms with van der Waals surface area (Å²) < 4.78 is 26.0. The monoisotopic (exact) mass is 602 g/mol. The maximum Gasteiger partial charge on any atom is 0.256 e. The molecule has 13 heteroatoms. The maximum absolute atomic E-state index is 13.4. The summed E-state index contributed by atoms with van der Waals surface area (Å²) in [5, 5.41) is 9.71. The fraction of sp³-hybridized carbons (Fsp3) is 0.462. The van der Waals surface area contributed by atoms with Crippen LogP contribution < -0.4 is 20.3 Å². The first-order valence-corrected chi connectivity index (χ1v) is 14.2. The van der Waals surface area contributed by atoms with Crippen molar-refractivity contribution in [3.05, 3.63) is 59.2 Å². The molecule has 1 heterocycles. The van der Waals surface area contributed by atoms with Crippen LogP contribution in [0.1, 0.15) is 30.5 Å². The van der Waals surface area contributed by atoms with Crippen molar-refractivity contribution in [1.29, 1.82) is 0 Å². The van der Waals surface area contributed by atoms with Gasteiger partial charge in [-0.3, -0.25) is 19.3 Å². The number of amides is 2. The summed E-state index contributed by atoms with van der Waals surface area (Å²) in [6, 6.07) is 13.5. The van der Waals surface area contributed by atoms with Crippen LogP contribution in [0.5, 0.6) is 0 Å². The Morgan fingerprint density at radius 3 is 2.18 bits per heavy atom. The van der Waals surface area contributed by atoms with Gasteiger partial charge in [0.1, 0.15) is 0 Å². The van der Waals surface area contributed by atoms with Gasteiger partial charge in [0.15, 0.2) is 0 Å². The van der Waals surface area contributed by atoms with Crippen LogP contribution >= 0.6 is 24.8 Å². The van der Waals surface area contributed by atoms with Crippen molar-refractivity contribution in [1.82, 2.24) is 20.7 Å². The van der Waals surface area contributed by atoms with Crippen LogP contribution in [0.15, 0.2) is 42.5 Å². The minimum Gasteiger partial charge on any atom is -0.353 e. The predicted molar refractivity (Wildman–Crippen MR) is 161 cm³/mol. The summed E-state index contributed by atoms with van der Waals surface area (Å²) in [6.07, 6.45) is 1.08. The first kappa shape index (κ1) is 34.5. The number of rotatable bonds is 12. The molecule has 0 atom stereocenters. The Morgan fingerprint density at radius 1 is 1.00 bits per heavy atom. The second-order valence-corrected chi connectivity index (χ2v) is 11.4. The highest BCUT2D eigenvalue weighted by atomic mass is 35.5. The first-order chi connectivity index (χ1) is 17.4. The van der Waals surface area contributed by atoms with Gasteiger partial charge in [0.2, 0.25) is 15.9 Å². The molecule has 0 fully saturated rings. The zero-order chi connectivity index (χ0) is 27.2. The molecule has 39 heavy (non-hydrogen) atoms. The van der Waals surface area contributed by atoms with E-state index in [-0.39, 0.29) is 49.7 Å². The zero-order valence-corrected chi connectivity index (χ0v) is 25.5. The molecule has 10 nitrogen and oxygen atoms in total. The number of likely N-dealkylation sites (N-methyl/N-ethyl adjacent to an activating group) is 1. The maximum atomic E-state index is 13.4. The minimum absolute atomic E-state index is 0. The van der Waals surface area contributed by atoms with E-state index in [4.69, 9.17) is 0 Å². The number of hydrogen-bond acceptors (Lipinski definition) is 7. The van der Waals surface area contributed by atoms with Gasteiger partial charge in [-0.2, -0.15) is 0 Å². The molecule has 218 valence electrons. The van der Waals surface area contributed by atoms with Crippen LogP contribution in [0.4, 0.5) is 11.4 Å². The van der Waals surface area contributed by atoms with Gasteiger partial charge in [0.25, 0.3) is 5.91 Å². The highest BCUT2D eigenvalue weighted by Crippen LogP contribution is 2.26. The molecule has 1 aliphatic rings. The average molecular weight is 604 g/mol. The smallest absolute Gasteiger partial charge is 0.256 e. The number of halogens is 2. The summed E-state index contributed by atoms with van der Waals surface area (Å²) in [5.74, 6) is -0.404. The third-order valence-electron chi connectivity index (χ3n) is 6.12. The number of nitrogens with one attached hydrogen (secondary N) is 3. The molecule has 0 saturated heterocycles. The van der Waals surface area contributed by atoms with E-state index in [0.717, 1.165) is 11.8 Å². The lowest BCUT2D eigenvalue weighted by Gasteiger charge is -2.32. The van der Waals surface area contributed by atoms with Gasteiger partial charge in [-0.15, -0.1) is 24.8 Å². The Kier molecular flexibility index (Phi) is 13.5. The number of hydrogen-bond donors (Lipinski definition) is 3. The molecule has 2 aromatic rings. The van der Waals surface area contributed by atoms with E-state index < -0.39 is 10.0 Å². The van der Waals surface area contributed by atoms with Crippen molar-refractivity contribution >= 4 is 58.0 Å². The normalized spacial score (nSPS) is 12.7. The first-order valence-electron chi connectivity index (χ1n) is 12.3. The third kappa shape index (κ3) is 10.5. The molecular formula is C26H40Cl2N6O4S. The lowest BCUT2D eigenvalue weighted by atomic mass is 10.1. The van der Waals surface area contributed by atoms with Gasteiger partial charge in [-0.05, 0) is 35.7 Å². The van der Waals surface area contributed by atoms with Gasteiger partial charge in [-0.25, -0.2) is 13.4 Å². The SMILES string of the molecule is Cc1ccc(NS(C)(=O)=O)cc1N(CC(=O)NCCNC(C)C)CC(=O)N(C)N1Cc2ccccc2C1.Cl.Cl. The number of anilines is 2. The molecule has 3 rings (SSSR count). The fourth-order valence-corrected chi connectivity index (χ4v) is 4.75. The summed E-state index contributed by atoms with van der Waals surface area (Å²) in [6.45, 7) is 8.18. The van der Waals surface area contributed by atoms with Crippen LogP contribution in [0.2, 0.25) is 0 Å². The summed E-state index contributed by atoms with van der Waals surface area (Å²) in [7, 11) is -1.75. The predicted octanol–water partition coefficient (Wildman–Crippen LogP) is 2.52. The van der Waals surface area contributed by atoms with Crippen molar-refractivity contribution in [2.45, 2.75) is 39.9 Å². The quantitative estimate of drug-likeness (QED) is 0.320. The van der Waals surface area contributed by atoms with Crippen LogP contribution in [0, 0.1) is 6.92 Å². The lowest BCUT2D eigenvalue weighted by molar-refractivity contribution is -0.145. The molecule has 1 aliphatic heterocycles. The Bertz CT molecular complexity index is 1200. The number of fused-ring (bicyclic) bond motifs is 1. The molecule has 0 radical (unpaired) electrons. The number of carbonyl (C=O) groups is 2. The summed E-state index contributed by atoms with van der Waals surface area (Å²) >= 11 is 0. The van der Waals surface area contributed by atoms with E-state index >= 15 is 0 Å². The van der Waals surface area contributed by atoms with Crippen molar-refractivity contribution in [2.24, 2.45) is 0 Å². The minimum atomic E-state index is -3.49. The molecule has 3 N–H and O–H groups in total. The second-order valence-electron chi connectivity index (χ2n) is 9.70. The molecular weight excluding hydrogens is 563 g/mol. The van der Waals surface area contributed by atoms with Gasteiger partial charge in [0, 0.05) is 45.0 Å². The van der Waals surface area contributed by atoms with Gasteiger partial charge < -0.3 is 15.5 Å². The van der Waals surface area contributed by atoms with Crippen molar-refractivity contribution in [3.8, 4) is 0 Å². The number of carbonyl (C=O) groups excluding carboxylic acids is 2. The zero-order valence-electron chi connectivity index (χ0n) is 23.1. The van der Waals surface area contributed by atoms with Crippen molar-refractivity contribution in [3.63, 3.8) is 0 Å². The fourth-order valence-electron chi connectivity index (χ4n) is 4.20. The molecule has 0 spiro atoms. The van der Waals surface area contributed by atoms with Crippen LogP contribution in [-0.2, 0) is 32.7 Å². The highest BCUT2D eigenvalue weighted by molar-refractivity contribution is 7.92. The van der Waals surface area contributed by atoms with E-state index in [1.165, 1.54) is 11.1 Å². The van der Waals surface area contributed by atoms with Gasteiger partial charge in [0.05, 0.1) is 25.0 Å². The second kappa shape index (κ2) is 15.3. The molecule has 2 amide bonds. The Balaban J connectivity index is 0.00000380. The molecule has 0 unspecified atom stereocenters. The van der Waals surface area contributed by atoms with E-state index in [2.05, 4.69) is 27.5 Å². The molecule has 0 aromatic heterocycles. The van der Waals surface area contributed by atoms with Crippen LogP contribution in [0.3, 0.4) is 0 Å². The number of benzene rings is 2. The Hall–Kier alpha value is -2.57. The number of nitrogens with zero attached hydrogens (tertiary/aromatic N) is 3. The van der Waals surface area contributed by atoms with E-state index in [1.807, 2.05) is 37.9 Å². The van der Waals surface area contributed by atoms with Crippen molar-refractivity contribution in [2.75, 3.05) is 49.1 Å². The van der Waals surface area contributed by atoms with Crippen LogP contribution in [-0.4, -0.2) is 75.8 Å². The Labute approximate surface area is 244 Å². The number of sulfonamides is 1. The summed E-state index contributed by atoms with van der Waals surface area (Å²) in [4.78, 5) is 27.9. The Morgan fingerprint density at radius 2 is 1.62 bits per heavy atom. The number of aryl methyl sites for hydroxylation is 1. The van der Waals surface area contributed by atoms with Crippen LogP contribution in [0.25, 0.3) is 0 Å². The third-order valence-corrected chi connectivity index (χ3v) is 6.73. The van der Waals surface area contributed by atoms with E-state index in [0.29, 0.717) is 43.6 Å². The lowest BCUT2D eigenvalue weighted by Crippen LogP contribution is -2.48. The van der Waals surface area contributed by atoms with Gasteiger partial charge >= 0.3 is 0 Å². The molecule has 2 aromatic carbocycles. The van der Waals surface area contributed by atoms with Gasteiger partial charge in [-0.1, -0.05) is 44.2 Å². The standard InChI is InChI=1S/C26H38N6O4S.2ClH/c1-19(2)27-12-13-28-25(33)17-31(24-14-23(11-10-20(24)3)29-37(5,35)36)18-26(34)30(4)32-15-21-8-6-7-9-22(21)16-32;;/h6-11,14,19,27,29H,12-13,15-18H2,1-5H3,(H,28,33);2*1H. The molecule has 0 bridgehead atoms.